The number of pyridine rings is 1. The number of hydrazine groups is 1. The van der Waals surface area contributed by atoms with Gasteiger partial charge in [-0.1, -0.05) is 24.9 Å². The second-order valence-electron chi connectivity index (χ2n) is 5.44. The van der Waals surface area contributed by atoms with Gasteiger partial charge in [0.05, 0.1) is 0 Å². The number of nitrogens with zero attached hydrogens (tertiary/aromatic N) is 2. The van der Waals surface area contributed by atoms with E-state index in [0.717, 1.165) is 6.42 Å². The van der Waals surface area contributed by atoms with Crippen LogP contribution in [0.4, 0.5) is 0 Å². The number of rotatable bonds is 8. The molecule has 0 fully saturated rings. The van der Waals surface area contributed by atoms with E-state index in [4.69, 9.17) is 17.3 Å². The van der Waals surface area contributed by atoms with Gasteiger partial charge in [-0.25, -0.2) is 5.43 Å². The Hall–Kier alpha value is -2.12. The Labute approximate surface area is 147 Å². The molecule has 0 aliphatic carbocycles. The van der Waals surface area contributed by atoms with Gasteiger partial charge in [0.2, 0.25) is 0 Å². The normalized spacial score (nSPS) is 11.9. The van der Waals surface area contributed by atoms with Gasteiger partial charge in [0.25, 0.3) is 11.8 Å². The zero-order valence-electron chi connectivity index (χ0n) is 14.4. The molecule has 0 atom stereocenters. The Balaban J connectivity index is 3.26. The van der Waals surface area contributed by atoms with Crippen molar-refractivity contribution in [1.82, 2.24) is 20.7 Å². The zero-order chi connectivity index (χ0) is 18.3. The molecule has 0 radical (unpaired) electrons. The SMILES string of the molecule is CCC/C(NC(=O)c1cc(Cl)ccn1)=C(/C(N)=O)N(NC)C(C)C. The van der Waals surface area contributed by atoms with Crippen LogP contribution < -0.4 is 16.5 Å². The zero-order valence-corrected chi connectivity index (χ0v) is 15.1. The third-order valence-corrected chi connectivity index (χ3v) is 3.47. The Bertz CT molecular complexity index is 631. The van der Waals surface area contributed by atoms with Crippen molar-refractivity contribution in [1.29, 1.82) is 0 Å². The molecule has 7 nitrogen and oxygen atoms in total. The molecule has 8 heteroatoms. The van der Waals surface area contributed by atoms with Crippen LogP contribution in [0.15, 0.2) is 29.7 Å². The molecule has 0 aliphatic heterocycles. The van der Waals surface area contributed by atoms with Gasteiger partial charge in [-0.3, -0.25) is 19.6 Å². The van der Waals surface area contributed by atoms with Crippen molar-refractivity contribution in [3.8, 4) is 0 Å². The molecule has 2 amide bonds. The van der Waals surface area contributed by atoms with Gasteiger partial charge in [0.1, 0.15) is 11.4 Å². The molecule has 1 rings (SSSR count). The van der Waals surface area contributed by atoms with Crippen LogP contribution in [-0.2, 0) is 4.79 Å². The van der Waals surface area contributed by atoms with Crippen molar-refractivity contribution in [2.45, 2.75) is 39.7 Å². The summed E-state index contributed by atoms with van der Waals surface area (Å²) in [7, 11) is 1.69. The van der Waals surface area contributed by atoms with E-state index in [9.17, 15) is 9.59 Å². The first-order valence-corrected chi connectivity index (χ1v) is 8.12. The van der Waals surface area contributed by atoms with Gasteiger partial charge in [-0.15, -0.1) is 0 Å². The highest BCUT2D eigenvalue weighted by atomic mass is 35.5. The average Bonchev–Trinajstić information content (AvgIpc) is 2.51. The summed E-state index contributed by atoms with van der Waals surface area (Å²) in [5.74, 6) is -1.07. The first-order chi connectivity index (χ1) is 11.3. The van der Waals surface area contributed by atoms with Crippen molar-refractivity contribution in [2.24, 2.45) is 5.73 Å². The van der Waals surface area contributed by atoms with Crippen molar-refractivity contribution in [2.75, 3.05) is 7.05 Å². The van der Waals surface area contributed by atoms with E-state index in [2.05, 4.69) is 15.7 Å². The molecule has 0 aliphatic rings. The maximum absolute atomic E-state index is 12.4. The molecular weight excluding hydrogens is 330 g/mol. The minimum atomic E-state index is -0.624. The van der Waals surface area contributed by atoms with Gasteiger partial charge in [0, 0.05) is 30.0 Å². The fourth-order valence-electron chi connectivity index (χ4n) is 2.26. The van der Waals surface area contributed by atoms with Crippen LogP contribution in [0.1, 0.15) is 44.1 Å². The summed E-state index contributed by atoms with van der Waals surface area (Å²) in [5.41, 5.74) is 9.32. The second kappa shape index (κ2) is 9.24. The summed E-state index contributed by atoms with van der Waals surface area (Å²) >= 11 is 5.89. The highest BCUT2D eigenvalue weighted by Gasteiger charge is 2.23. The molecule has 0 unspecified atom stereocenters. The monoisotopic (exact) mass is 353 g/mol. The smallest absolute Gasteiger partial charge is 0.274 e. The summed E-state index contributed by atoms with van der Waals surface area (Å²) in [6.07, 6.45) is 2.66. The highest BCUT2D eigenvalue weighted by molar-refractivity contribution is 6.30. The van der Waals surface area contributed by atoms with E-state index < -0.39 is 11.8 Å². The predicted octanol–water partition coefficient (Wildman–Crippen LogP) is 1.81. The molecular formula is C16H24ClN5O2. The quantitative estimate of drug-likeness (QED) is 0.489. The van der Waals surface area contributed by atoms with Crippen molar-refractivity contribution < 1.29 is 9.59 Å². The maximum atomic E-state index is 12.4. The fourth-order valence-corrected chi connectivity index (χ4v) is 2.42. The molecule has 0 spiro atoms. The Kier molecular flexibility index (Phi) is 7.67. The highest BCUT2D eigenvalue weighted by Crippen LogP contribution is 2.15. The van der Waals surface area contributed by atoms with E-state index in [1.54, 1.807) is 18.1 Å². The van der Waals surface area contributed by atoms with E-state index in [0.29, 0.717) is 17.1 Å². The maximum Gasteiger partial charge on any atom is 0.274 e. The number of carbonyl (C=O) groups excluding carboxylic acids is 2. The van der Waals surface area contributed by atoms with E-state index in [1.807, 2.05) is 20.8 Å². The fraction of sp³-hybridized carbons (Fsp3) is 0.438. The van der Waals surface area contributed by atoms with Gasteiger partial charge in [-0.05, 0) is 32.4 Å². The summed E-state index contributed by atoms with van der Waals surface area (Å²) in [6.45, 7) is 5.76. The van der Waals surface area contributed by atoms with Crippen LogP contribution in [0.5, 0.6) is 0 Å². The topological polar surface area (TPSA) is 100 Å². The number of aromatic nitrogens is 1. The lowest BCUT2D eigenvalue weighted by atomic mass is 10.1. The predicted molar refractivity (Wildman–Crippen MR) is 93.9 cm³/mol. The van der Waals surface area contributed by atoms with Gasteiger partial charge in [-0.2, -0.15) is 0 Å². The Morgan fingerprint density at radius 2 is 2.08 bits per heavy atom. The van der Waals surface area contributed by atoms with Crippen LogP contribution in [0.3, 0.4) is 0 Å². The first kappa shape index (κ1) is 19.9. The molecule has 0 aromatic carbocycles. The summed E-state index contributed by atoms with van der Waals surface area (Å²) in [5, 5.41) is 4.78. The third kappa shape index (κ3) is 5.21. The lowest BCUT2D eigenvalue weighted by Crippen LogP contribution is -2.46. The molecule has 4 N–H and O–H groups in total. The number of hydrogen-bond donors (Lipinski definition) is 3. The molecule has 132 valence electrons. The third-order valence-electron chi connectivity index (χ3n) is 3.24. The lowest BCUT2D eigenvalue weighted by molar-refractivity contribution is -0.116. The van der Waals surface area contributed by atoms with Gasteiger partial charge >= 0.3 is 0 Å². The minimum absolute atomic E-state index is 0.0365. The number of nitrogens with one attached hydrogen (secondary N) is 2. The second-order valence-corrected chi connectivity index (χ2v) is 5.88. The number of carbonyl (C=O) groups is 2. The summed E-state index contributed by atoms with van der Waals surface area (Å²) in [6, 6.07) is 3.01. The van der Waals surface area contributed by atoms with Gasteiger partial charge in [0.15, 0.2) is 0 Å². The molecule has 0 saturated heterocycles. The molecule has 0 saturated carbocycles. The number of halogens is 1. The number of primary amides is 1. The number of hydrogen-bond acceptors (Lipinski definition) is 5. The lowest BCUT2D eigenvalue weighted by Gasteiger charge is -2.30. The van der Waals surface area contributed by atoms with Crippen molar-refractivity contribution in [3.05, 3.63) is 40.4 Å². The molecule has 1 heterocycles. The molecule has 24 heavy (non-hydrogen) atoms. The van der Waals surface area contributed by atoms with E-state index in [-0.39, 0.29) is 17.4 Å². The number of nitrogens with two attached hydrogens (primary N) is 1. The summed E-state index contributed by atoms with van der Waals surface area (Å²) < 4.78 is 0. The minimum Gasteiger partial charge on any atom is -0.364 e. The van der Waals surface area contributed by atoms with Crippen LogP contribution in [-0.4, -0.2) is 34.9 Å². The van der Waals surface area contributed by atoms with Crippen molar-refractivity contribution >= 4 is 23.4 Å². The van der Waals surface area contributed by atoms with Crippen LogP contribution in [0, 0.1) is 0 Å². The van der Waals surface area contributed by atoms with Gasteiger partial charge < -0.3 is 11.1 Å². The molecule has 1 aromatic heterocycles. The standard InChI is InChI=1S/C16H24ClN5O2/c1-5-6-12(14(15(18)23)22(19-4)10(2)3)21-16(24)13-9-11(17)7-8-20-13/h7-10,19H,5-6H2,1-4H3,(H2,18,23)(H,21,24)/b14-12+. The average molecular weight is 354 g/mol. The number of amides is 2. The van der Waals surface area contributed by atoms with Crippen molar-refractivity contribution in [3.63, 3.8) is 0 Å². The Morgan fingerprint density at radius 3 is 2.54 bits per heavy atom. The van der Waals surface area contributed by atoms with Crippen LogP contribution in [0.2, 0.25) is 5.02 Å². The van der Waals surface area contributed by atoms with E-state index >= 15 is 0 Å². The number of allylic oxidation sites excluding steroid dienone is 1. The first-order valence-electron chi connectivity index (χ1n) is 7.74. The van der Waals surface area contributed by atoms with Crippen LogP contribution in [0.25, 0.3) is 0 Å². The Morgan fingerprint density at radius 1 is 1.42 bits per heavy atom. The molecule has 1 aromatic rings. The molecule has 0 bridgehead atoms. The van der Waals surface area contributed by atoms with E-state index in [1.165, 1.54) is 12.3 Å². The van der Waals surface area contributed by atoms with Crippen LogP contribution >= 0.6 is 11.6 Å². The summed E-state index contributed by atoms with van der Waals surface area (Å²) in [4.78, 5) is 28.4. The largest absolute Gasteiger partial charge is 0.364 e.